The van der Waals surface area contributed by atoms with E-state index in [4.69, 9.17) is 4.74 Å². The summed E-state index contributed by atoms with van der Waals surface area (Å²) in [6.45, 7) is 0. The number of esters is 1. The van der Waals surface area contributed by atoms with Crippen LogP contribution in [0, 0.1) is 3.57 Å². The van der Waals surface area contributed by atoms with Crippen LogP contribution >= 0.6 is 22.6 Å². The third kappa shape index (κ3) is 7.96. The van der Waals surface area contributed by atoms with Crippen molar-refractivity contribution in [2.75, 3.05) is 5.32 Å². The molecule has 1 aliphatic rings. The normalized spacial score (nSPS) is 13.5. The number of carbonyl (C=O) groups excluding carboxylic acids is 4. The first-order valence-corrected chi connectivity index (χ1v) is 13.6. The van der Waals surface area contributed by atoms with Crippen LogP contribution in [0.5, 0.6) is 5.75 Å². The van der Waals surface area contributed by atoms with Gasteiger partial charge in [0, 0.05) is 9.61 Å². The van der Waals surface area contributed by atoms with Gasteiger partial charge < -0.3 is 15.4 Å². The Bertz CT molecular complexity index is 1380. The summed E-state index contributed by atoms with van der Waals surface area (Å²) < 4.78 is 6.18. The van der Waals surface area contributed by atoms with E-state index >= 15 is 0 Å². The smallest absolute Gasteiger partial charge is 0.344 e. The van der Waals surface area contributed by atoms with Crippen LogP contribution in [0.1, 0.15) is 58.4 Å². The van der Waals surface area contributed by atoms with Crippen molar-refractivity contribution in [3.05, 3.63) is 93.1 Å². The number of benzene rings is 3. The number of nitrogens with one attached hydrogen (secondary N) is 3. The maximum atomic E-state index is 12.8. The van der Waals surface area contributed by atoms with Gasteiger partial charge in [0.25, 0.3) is 5.91 Å². The second kappa shape index (κ2) is 13.7. The molecule has 3 aromatic carbocycles. The molecule has 0 spiro atoms. The largest absolute Gasteiger partial charge is 0.423 e. The Kier molecular flexibility index (Phi) is 9.79. The van der Waals surface area contributed by atoms with E-state index < -0.39 is 17.8 Å². The second-order valence-electron chi connectivity index (χ2n) is 8.95. The third-order valence-electron chi connectivity index (χ3n) is 6.13. The Morgan fingerprint density at radius 1 is 0.821 bits per heavy atom. The van der Waals surface area contributed by atoms with Crippen LogP contribution in [-0.4, -0.2) is 35.9 Å². The minimum atomic E-state index is -0.989. The van der Waals surface area contributed by atoms with Crippen molar-refractivity contribution in [3.8, 4) is 5.75 Å². The molecule has 0 heterocycles. The average molecular weight is 638 g/mol. The fourth-order valence-electron chi connectivity index (χ4n) is 4.11. The predicted octanol–water partition coefficient (Wildman–Crippen LogP) is 4.66. The van der Waals surface area contributed by atoms with Gasteiger partial charge in [0.1, 0.15) is 5.75 Å². The van der Waals surface area contributed by atoms with Gasteiger partial charge in [-0.1, -0.05) is 43.5 Å². The number of anilines is 1. The molecule has 1 saturated carbocycles. The van der Waals surface area contributed by atoms with Crippen LogP contribution in [-0.2, 0) is 9.59 Å². The zero-order chi connectivity index (χ0) is 27.6. The number of hydrogen-bond acceptors (Lipinski definition) is 6. The minimum absolute atomic E-state index is 0.112. The van der Waals surface area contributed by atoms with E-state index in [1.54, 1.807) is 60.7 Å². The molecule has 39 heavy (non-hydrogen) atoms. The SMILES string of the molecule is O=C(N/N=C/c1ccc(OC(=O)c2ccccc2I)cc1)C(=O)Nc1ccccc1C(=O)NC1CCCCC1. The number of hydrogen-bond donors (Lipinski definition) is 3. The van der Waals surface area contributed by atoms with Crippen LogP contribution in [0.3, 0.4) is 0 Å². The molecule has 4 rings (SSSR count). The van der Waals surface area contributed by atoms with Crippen LogP contribution in [0.15, 0.2) is 77.9 Å². The standard InChI is InChI=1S/C29H27IN4O5/c30-24-12-6-4-10-22(24)29(38)39-21-16-14-19(15-17-21)18-31-34-28(37)27(36)33-25-13-7-5-11-23(25)26(35)32-20-8-2-1-3-9-20/h4-7,10-18,20H,1-3,8-9H2,(H,32,35)(H,33,36)(H,34,37)/b31-18+. The lowest BCUT2D eigenvalue weighted by molar-refractivity contribution is -0.136. The molecular formula is C29H27IN4O5. The van der Waals surface area contributed by atoms with Crippen molar-refractivity contribution in [1.29, 1.82) is 0 Å². The van der Waals surface area contributed by atoms with Gasteiger partial charge in [0.2, 0.25) is 0 Å². The van der Waals surface area contributed by atoms with Gasteiger partial charge in [0.15, 0.2) is 0 Å². The molecule has 0 aromatic heterocycles. The maximum absolute atomic E-state index is 12.8. The number of nitrogens with zero attached hydrogens (tertiary/aromatic N) is 1. The summed E-state index contributed by atoms with van der Waals surface area (Å²) in [5.41, 5.74) is 3.78. The van der Waals surface area contributed by atoms with E-state index in [2.05, 4.69) is 43.8 Å². The number of halogens is 1. The Morgan fingerprint density at radius 2 is 1.49 bits per heavy atom. The first-order chi connectivity index (χ1) is 18.9. The highest BCUT2D eigenvalue weighted by Crippen LogP contribution is 2.20. The summed E-state index contributed by atoms with van der Waals surface area (Å²) in [5.74, 6) is -2.34. The summed E-state index contributed by atoms with van der Waals surface area (Å²) >= 11 is 2.07. The first-order valence-electron chi connectivity index (χ1n) is 12.5. The molecule has 1 aliphatic carbocycles. The number of rotatable bonds is 7. The van der Waals surface area contributed by atoms with Crippen LogP contribution in [0.25, 0.3) is 0 Å². The van der Waals surface area contributed by atoms with Gasteiger partial charge >= 0.3 is 17.8 Å². The van der Waals surface area contributed by atoms with Crippen molar-refractivity contribution in [2.45, 2.75) is 38.1 Å². The van der Waals surface area contributed by atoms with Gasteiger partial charge in [-0.15, -0.1) is 0 Å². The number of hydrazone groups is 1. The average Bonchev–Trinajstić information content (AvgIpc) is 2.95. The monoisotopic (exact) mass is 638 g/mol. The van der Waals surface area contributed by atoms with E-state index in [1.807, 2.05) is 12.1 Å². The summed E-state index contributed by atoms with van der Waals surface area (Å²) in [7, 11) is 0. The molecule has 3 N–H and O–H groups in total. The summed E-state index contributed by atoms with van der Waals surface area (Å²) in [5, 5.41) is 9.31. The summed E-state index contributed by atoms with van der Waals surface area (Å²) in [4.78, 5) is 49.8. The maximum Gasteiger partial charge on any atom is 0.344 e. The number of amides is 3. The van der Waals surface area contributed by atoms with E-state index in [0.717, 1.165) is 29.3 Å². The molecule has 1 fully saturated rings. The first kappa shape index (κ1) is 28.0. The van der Waals surface area contributed by atoms with Crippen molar-refractivity contribution in [3.63, 3.8) is 0 Å². The fourth-order valence-corrected chi connectivity index (χ4v) is 4.71. The van der Waals surface area contributed by atoms with Gasteiger partial charge in [-0.2, -0.15) is 5.10 Å². The third-order valence-corrected chi connectivity index (χ3v) is 7.07. The number of para-hydroxylation sites is 1. The minimum Gasteiger partial charge on any atom is -0.423 e. The molecule has 0 bridgehead atoms. The van der Waals surface area contributed by atoms with E-state index in [0.29, 0.717) is 16.9 Å². The Hall–Kier alpha value is -4.06. The van der Waals surface area contributed by atoms with Gasteiger partial charge in [-0.05, 0) is 89.5 Å². The van der Waals surface area contributed by atoms with Crippen molar-refractivity contribution in [1.82, 2.24) is 10.7 Å². The molecule has 0 atom stereocenters. The highest BCUT2D eigenvalue weighted by atomic mass is 127. The number of ether oxygens (including phenoxy) is 1. The highest BCUT2D eigenvalue weighted by molar-refractivity contribution is 14.1. The zero-order valence-electron chi connectivity index (χ0n) is 21.0. The molecular weight excluding hydrogens is 611 g/mol. The molecule has 3 amide bonds. The fraction of sp³-hybridized carbons (Fsp3) is 0.207. The van der Waals surface area contributed by atoms with Crippen LogP contribution in [0.4, 0.5) is 5.69 Å². The number of carbonyl (C=O) groups is 4. The van der Waals surface area contributed by atoms with Gasteiger partial charge in [-0.25, -0.2) is 10.2 Å². The van der Waals surface area contributed by atoms with Crippen LogP contribution in [0.2, 0.25) is 0 Å². The highest BCUT2D eigenvalue weighted by Gasteiger charge is 2.21. The molecule has 10 heteroatoms. The zero-order valence-corrected chi connectivity index (χ0v) is 23.1. The molecule has 0 unspecified atom stereocenters. The Balaban J connectivity index is 1.29. The predicted molar refractivity (Wildman–Crippen MR) is 156 cm³/mol. The van der Waals surface area contributed by atoms with E-state index in [9.17, 15) is 19.2 Å². The Morgan fingerprint density at radius 3 is 2.21 bits per heavy atom. The molecule has 3 aromatic rings. The molecule has 9 nitrogen and oxygen atoms in total. The molecule has 0 saturated heterocycles. The van der Waals surface area contributed by atoms with Gasteiger partial charge in [0.05, 0.1) is 23.0 Å². The lowest BCUT2D eigenvalue weighted by Gasteiger charge is -2.23. The Labute approximate surface area is 239 Å². The lowest BCUT2D eigenvalue weighted by atomic mass is 9.95. The quantitative estimate of drug-likeness (QED) is 0.0867. The van der Waals surface area contributed by atoms with Gasteiger partial charge in [-0.3, -0.25) is 14.4 Å². The van der Waals surface area contributed by atoms with Crippen molar-refractivity contribution >= 4 is 58.2 Å². The molecule has 200 valence electrons. The molecule has 0 radical (unpaired) electrons. The molecule has 0 aliphatic heterocycles. The lowest BCUT2D eigenvalue weighted by Crippen LogP contribution is -2.37. The summed E-state index contributed by atoms with van der Waals surface area (Å²) in [6.07, 6.45) is 6.54. The topological polar surface area (TPSA) is 126 Å². The van der Waals surface area contributed by atoms with Crippen molar-refractivity contribution < 1.29 is 23.9 Å². The summed E-state index contributed by atoms with van der Waals surface area (Å²) in [6, 6.07) is 20.3. The van der Waals surface area contributed by atoms with Crippen LogP contribution < -0.4 is 20.8 Å². The second-order valence-corrected chi connectivity index (χ2v) is 10.1. The van der Waals surface area contributed by atoms with E-state index in [-0.39, 0.29) is 23.2 Å². The van der Waals surface area contributed by atoms with E-state index in [1.165, 1.54) is 12.6 Å². The van der Waals surface area contributed by atoms with Crippen molar-refractivity contribution in [2.24, 2.45) is 5.10 Å².